The van der Waals surface area contributed by atoms with Crippen molar-refractivity contribution >= 4 is 29.1 Å². The summed E-state index contributed by atoms with van der Waals surface area (Å²) in [5, 5.41) is 4.53. The fourth-order valence-electron chi connectivity index (χ4n) is 6.09. The minimum atomic E-state index is -0.760. The van der Waals surface area contributed by atoms with Crippen LogP contribution in [0.3, 0.4) is 0 Å². The van der Waals surface area contributed by atoms with E-state index in [1.165, 1.54) is 12.1 Å². The highest BCUT2D eigenvalue weighted by Gasteiger charge is 2.48. The van der Waals surface area contributed by atoms with Gasteiger partial charge in [0.25, 0.3) is 0 Å². The molecule has 11 nitrogen and oxygen atoms in total. The van der Waals surface area contributed by atoms with Crippen LogP contribution in [-0.2, 0) is 23.9 Å². The number of rotatable bonds is 8. The van der Waals surface area contributed by atoms with E-state index in [2.05, 4.69) is 10.3 Å². The largest absolute Gasteiger partial charge is 0.469 e. The van der Waals surface area contributed by atoms with Crippen molar-refractivity contribution in [3.05, 3.63) is 52.4 Å². The molecule has 5 N–H and O–H groups in total. The molecule has 1 aliphatic carbocycles. The molecule has 232 valence electrons. The quantitative estimate of drug-likeness (QED) is 0.302. The number of hydrogen-bond donors (Lipinski definition) is 3. The predicted octanol–water partition coefficient (Wildman–Crippen LogP) is 3.01. The van der Waals surface area contributed by atoms with E-state index in [4.69, 9.17) is 21.1 Å². The topological polar surface area (TPSA) is 153 Å². The second-order valence-electron chi connectivity index (χ2n) is 12.4. The van der Waals surface area contributed by atoms with Gasteiger partial charge in [0.2, 0.25) is 11.8 Å². The van der Waals surface area contributed by atoms with E-state index in [1.807, 2.05) is 45.0 Å². The van der Waals surface area contributed by atoms with Gasteiger partial charge in [-0.15, -0.1) is 11.3 Å². The number of ether oxygens (including phenoxy) is 2. The third-order valence-corrected chi connectivity index (χ3v) is 9.68. The van der Waals surface area contributed by atoms with E-state index in [-0.39, 0.29) is 30.8 Å². The number of likely N-dealkylation sites (tertiary alicyclic amines) is 1. The Bertz CT molecular complexity index is 1390. The first-order valence-electron chi connectivity index (χ1n) is 14.8. The first-order chi connectivity index (χ1) is 20.5. The van der Waals surface area contributed by atoms with Crippen LogP contribution in [0.2, 0.25) is 0 Å². The molecule has 2 amide bonds. The monoisotopic (exact) mass is 610 g/mol. The number of esters is 1. The molecule has 1 saturated carbocycles. The summed E-state index contributed by atoms with van der Waals surface area (Å²) in [7, 11) is 1.32. The molecule has 2 aromatic rings. The maximum Gasteiger partial charge on any atom is 0.307 e. The second kappa shape index (κ2) is 12.6. The Morgan fingerprint density at radius 3 is 2.56 bits per heavy atom. The highest BCUT2D eigenvalue weighted by atomic mass is 32.1. The number of hydrazine groups is 1. The third kappa shape index (κ3) is 6.56. The van der Waals surface area contributed by atoms with Gasteiger partial charge < -0.3 is 25.4 Å². The van der Waals surface area contributed by atoms with Gasteiger partial charge in [-0.1, -0.05) is 38.1 Å². The number of nitrogens with one attached hydrogen (secondary N) is 1. The summed E-state index contributed by atoms with van der Waals surface area (Å²) in [6, 6.07) is 5.63. The molecule has 2 aliphatic heterocycles. The summed E-state index contributed by atoms with van der Waals surface area (Å²) in [5.74, 6) is 5.92. The van der Waals surface area contributed by atoms with Crippen LogP contribution >= 0.6 is 11.3 Å². The lowest BCUT2D eigenvalue weighted by Gasteiger charge is -2.40. The number of carbonyl (C=O) groups excluding carboxylic acids is 3. The Morgan fingerprint density at radius 2 is 1.93 bits per heavy atom. The van der Waals surface area contributed by atoms with Crippen LogP contribution in [0.5, 0.6) is 0 Å². The number of hydrogen-bond acceptors (Lipinski definition) is 10. The van der Waals surface area contributed by atoms with E-state index >= 15 is 0 Å². The lowest BCUT2D eigenvalue weighted by molar-refractivity contribution is -0.147. The Balaban J connectivity index is 1.36. The summed E-state index contributed by atoms with van der Waals surface area (Å²) in [5.41, 5.74) is 11.7. The van der Waals surface area contributed by atoms with Crippen LogP contribution in [0.4, 0.5) is 0 Å². The summed E-state index contributed by atoms with van der Waals surface area (Å²) in [6.45, 7) is 6.84. The van der Waals surface area contributed by atoms with Crippen LogP contribution in [0.25, 0.3) is 10.4 Å². The molecule has 0 spiro atoms. The normalized spacial score (nSPS) is 23.8. The number of nitrogens with zero attached hydrogens (tertiary/aromatic N) is 3. The van der Waals surface area contributed by atoms with Crippen molar-refractivity contribution in [3.63, 3.8) is 0 Å². The van der Waals surface area contributed by atoms with Crippen molar-refractivity contribution in [1.29, 1.82) is 0 Å². The molecule has 12 heteroatoms. The molecular formula is C31H42N6O5S. The van der Waals surface area contributed by atoms with Crippen molar-refractivity contribution in [2.45, 2.75) is 71.0 Å². The van der Waals surface area contributed by atoms with Crippen molar-refractivity contribution in [3.8, 4) is 10.4 Å². The predicted molar refractivity (Wildman–Crippen MR) is 163 cm³/mol. The van der Waals surface area contributed by atoms with Crippen LogP contribution in [-0.4, -0.2) is 71.6 Å². The number of aryl methyl sites for hydroxylation is 1. The van der Waals surface area contributed by atoms with Crippen LogP contribution in [0.15, 0.2) is 41.2 Å². The molecule has 0 bridgehead atoms. The zero-order valence-electron chi connectivity index (χ0n) is 25.3. The number of methoxy groups -OCH3 is 1. The number of carbonyl (C=O) groups is 3. The van der Waals surface area contributed by atoms with Gasteiger partial charge in [0.15, 0.2) is 0 Å². The highest BCUT2D eigenvalue weighted by Crippen LogP contribution is 2.39. The molecule has 3 fully saturated rings. The zero-order valence-corrected chi connectivity index (χ0v) is 26.1. The molecule has 3 aliphatic rings. The second-order valence-corrected chi connectivity index (χ2v) is 13.2. The Morgan fingerprint density at radius 1 is 1.21 bits per heavy atom. The van der Waals surface area contributed by atoms with E-state index < -0.39 is 29.5 Å². The van der Waals surface area contributed by atoms with E-state index in [0.717, 1.165) is 34.5 Å². The molecule has 3 atom stereocenters. The average Bonchev–Trinajstić information content (AvgIpc) is 3.58. The van der Waals surface area contributed by atoms with Crippen molar-refractivity contribution in [2.75, 3.05) is 26.9 Å². The number of nitrogens with two attached hydrogens (primary N) is 2. The number of thiazole rings is 1. The van der Waals surface area contributed by atoms with Crippen molar-refractivity contribution < 1.29 is 23.9 Å². The van der Waals surface area contributed by atoms with E-state index in [0.29, 0.717) is 37.4 Å². The molecule has 2 saturated heterocycles. The SMILES string of the molecule is COC(=O)CC(NC(=O)C1CCCN1C(=O)C1N(N)/C(=C(\N)C2CC2)COCC1(C)C)c1ccc(-c2scnc2C)cc1. The van der Waals surface area contributed by atoms with Crippen LogP contribution in [0, 0.1) is 18.3 Å². The minimum absolute atomic E-state index is 0.0417. The fraction of sp³-hybridized carbons (Fsp3) is 0.548. The van der Waals surface area contributed by atoms with Crippen LogP contribution < -0.4 is 16.9 Å². The summed E-state index contributed by atoms with van der Waals surface area (Å²) >= 11 is 1.56. The molecule has 43 heavy (non-hydrogen) atoms. The maximum absolute atomic E-state index is 14.2. The van der Waals surface area contributed by atoms with E-state index in [9.17, 15) is 14.4 Å². The molecule has 5 rings (SSSR count). The molecule has 3 unspecified atom stereocenters. The minimum Gasteiger partial charge on any atom is -0.469 e. The highest BCUT2D eigenvalue weighted by molar-refractivity contribution is 7.13. The number of allylic oxidation sites excluding steroid dienone is 1. The lowest BCUT2D eigenvalue weighted by Crippen LogP contribution is -2.60. The van der Waals surface area contributed by atoms with Gasteiger partial charge in [-0.2, -0.15) is 0 Å². The van der Waals surface area contributed by atoms with Gasteiger partial charge in [0, 0.05) is 23.6 Å². The number of amides is 2. The standard InChI is InChI=1S/C31H42N6O5S/c1-18-27(43-17-34-18)21-11-7-19(8-12-21)22(14-25(38)41-4)35-29(39)23-6-5-13-36(23)30(40)28-31(2,3)16-42-15-24(37(28)33)26(32)20-9-10-20/h7-8,11-12,17,20,22-23,28H,5-6,9-10,13-16,32-33H2,1-4H3,(H,35,39)/b26-24-. The molecule has 1 aromatic heterocycles. The summed E-state index contributed by atoms with van der Waals surface area (Å²) < 4.78 is 10.9. The average molecular weight is 611 g/mol. The first kappa shape index (κ1) is 31.0. The van der Waals surface area contributed by atoms with Gasteiger partial charge >= 0.3 is 5.97 Å². The Labute approximate surface area is 256 Å². The van der Waals surface area contributed by atoms with Gasteiger partial charge in [0.1, 0.15) is 12.1 Å². The van der Waals surface area contributed by atoms with Crippen LogP contribution in [0.1, 0.15) is 63.3 Å². The van der Waals surface area contributed by atoms with E-state index in [1.54, 1.807) is 21.7 Å². The van der Waals surface area contributed by atoms with Gasteiger partial charge in [0.05, 0.1) is 54.6 Å². The van der Waals surface area contributed by atoms with Gasteiger partial charge in [-0.25, -0.2) is 10.8 Å². The number of aromatic nitrogens is 1. The Kier molecular flexibility index (Phi) is 9.10. The lowest BCUT2D eigenvalue weighted by atomic mass is 9.83. The van der Waals surface area contributed by atoms with Crippen molar-refractivity contribution in [1.82, 2.24) is 20.2 Å². The zero-order chi connectivity index (χ0) is 30.9. The summed E-state index contributed by atoms with van der Waals surface area (Å²) in [4.78, 5) is 47.4. The maximum atomic E-state index is 14.2. The first-order valence-corrected chi connectivity index (χ1v) is 15.7. The summed E-state index contributed by atoms with van der Waals surface area (Å²) in [6.07, 6.45) is 3.14. The fourth-order valence-corrected chi connectivity index (χ4v) is 6.90. The molecule has 0 radical (unpaired) electrons. The molecule has 1 aromatic carbocycles. The van der Waals surface area contributed by atoms with Gasteiger partial charge in [-0.3, -0.25) is 19.4 Å². The van der Waals surface area contributed by atoms with Gasteiger partial charge in [-0.05, 0) is 43.7 Å². The molecule has 3 heterocycles. The van der Waals surface area contributed by atoms with Crippen molar-refractivity contribution in [2.24, 2.45) is 22.9 Å². The molecular weight excluding hydrogens is 568 g/mol. The third-order valence-electron chi connectivity index (χ3n) is 8.70. The smallest absolute Gasteiger partial charge is 0.307 e. The number of benzene rings is 1. The Hall–Kier alpha value is -3.48.